The molecule has 0 aliphatic heterocycles. The molecule has 0 fully saturated rings. The molecule has 1 aromatic carbocycles. The van der Waals surface area contributed by atoms with Crippen molar-refractivity contribution in [3.05, 3.63) is 46.1 Å². The topological polar surface area (TPSA) is 84.7 Å². The first-order chi connectivity index (χ1) is 12.1. The van der Waals surface area contributed by atoms with Gasteiger partial charge in [0.1, 0.15) is 6.26 Å². The summed E-state index contributed by atoms with van der Waals surface area (Å²) in [4.78, 5) is 29.8. The molecule has 0 atom stereocenters. The molecule has 0 aliphatic carbocycles. The maximum absolute atomic E-state index is 12.8. The first-order valence-corrected chi connectivity index (χ1v) is 8.44. The van der Waals surface area contributed by atoms with Crippen LogP contribution in [-0.2, 0) is 11.3 Å². The molecule has 0 saturated heterocycles. The van der Waals surface area contributed by atoms with E-state index in [1.165, 1.54) is 24.3 Å². The fraction of sp³-hybridized carbons (Fsp3) is 0.353. The molecule has 0 bridgehead atoms. The number of amides is 2. The molecule has 26 heavy (non-hydrogen) atoms. The predicted octanol–water partition coefficient (Wildman–Crippen LogP) is 4.60. The van der Waals surface area contributed by atoms with E-state index in [1.54, 1.807) is 12.1 Å². The van der Waals surface area contributed by atoms with Crippen LogP contribution >= 0.6 is 23.2 Å². The number of urea groups is 1. The highest BCUT2D eigenvalue weighted by Gasteiger charge is 2.29. The third kappa shape index (κ3) is 4.89. The highest BCUT2D eigenvalue weighted by atomic mass is 35.5. The number of anilines is 1. The van der Waals surface area contributed by atoms with Crippen molar-refractivity contribution < 1.29 is 18.7 Å². The molecule has 2 aromatic rings. The fourth-order valence-electron chi connectivity index (χ4n) is 2.10. The summed E-state index contributed by atoms with van der Waals surface area (Å²) in [5.74, 6) is -0.405. The van der Waals surface area contributed by atoms with Crippen LogP contribution in [-0.4, -0.2) is 34.5 Å². The number of esters is 1. The van der Waals surface area contributed by atoms with E-state index >= 15 is 0 Å². The van der Waals surface area contributed by atoms with Gasteiger partial charge in [-0.15, -0.1) is 0 Å². The lowest BCUT2D eigenvalue weighted by Crippen LogP contribution is -2.47. The standard InChI is InChI=1S/C17H19Cl2N3O4/c1-17(2,3)22(8-14-20-13(9-26-14)15(23)25-4)16(24)21-12-6-5-10(18)7-11(12)19/h5-7,9H,8H2,1-4H3,(H,21,24). The SMILES string of the molecule is COC(=O)c1coc(CN(C(=O)Nc2ccc(Cl)cc2Cl)C(C)(C)C)n1. The number of nitrogens with zero attached hydrogens (tertiary/aromatic N) is 2. The Balaban J connectivity index is 2.20. The lowest BCUT2D eigenvalue weighted by molar-refractivity contribution is 0.0594. The van der Waals surface area contributed by atoms with Crippen LogP contribution in [0.5, 0.6) is 0 Å². The maximum atomic E-state index is 12.8. The molecule has 1 aromatic heterocycles. The molecule has 140 valence electrons. The van der Waals surface area contributed by atoms with Gasteiger partial charge in [-0.2, -0.15) is 0 Å². The van der Waals surface area contributed by atoms with Gasteiger partial charge in [0.25, 0.3) is 0 Å². The van der Waals surface area contributed by atoms with Crippen molar-refractivity contribution >= 4 is 40.9 Å². The van der Waals surface area contributed by atoms with E-state index in [4.69, 9.17) is 27.6 Å². The van der Waals surface area contributed by atoms with Gasteiger partial charge in [-0.05, 0) is 39.0 Å². The van der Waals surface area contributed by atoms with E-state index in [1.807, 2.05) is 20.8 Å². The highest BCUT2D eigenvalue weighted by molar-refractivity contribution is 6.36. The van der Waals surface area contributed by atoms with Gasteiger partial charge in [0.15, 0.2) is 5.69 Å². The molecule has 0 spiro atoms. The number of carbonyl (C=O) groups is 2. The second kappa shape index (κ2) is 7.97. The maximum Gasteiger partial charge on any atom is 0.360 e. The molecular weight excluding hydrogens is 381 g/mol. The van der Waals surface area contributed by atoms with Gasteiger partial charge in [0.2, 0.25) is 5.89 Å². The molecule has 1 N–H and O–H groups in total. The molecule has 7 nitrogen and oxygen atoms in total. The Morgan fingerprint density at radius 1 is 1.31 bits per heavy atom. The lowest BCUT2D eigenvalue weighted by atomic mass is 10.1. The number of carbonyl (C=O) groups excluding carboxylic acids is 2. The van der Waals surface area contributed by atoms with Crippen LogP contribution in [0.25, 0.3) is 0 Å². The summed E-state index contributed by atoms with van der Waals surface area (Å²) < 4.78 is 9.87. The summed E-state index contributed by atoms with van der Waals surface area (Å²) in [6.07, 6.45) is 1.19. The first kappa shape index (κ1) is 20.1. The third-order valence-electron chi connectivity index (χ3n) is 3.47. The predicted molar refractivity (Wildman–Crippen MR) is 98.6 cm³/mol. The van der Waals surface area contributed by atoms with Gasteiger partial charge >= 0.3 is 12.0 Å². The Kier molecular flexibility index (Phi) is 6.15. The van der Waals surface area contributed by atoms with Gasteiger partial charge in [0.05, 0.1) is 24.4 Å². The Bertz CT molecular complexity index is 815. The molecule has 2 rings (SSSR count). The fourth-order valence-corrected chi connectivity index (χ4v) is 2.56. The lowest BCUT2D eigenvalue weighted by Gasteiger charge is -2.34. The Labute approximate surface area is 161 Å². The smallest absolute Gasteiger partial charge is 0.360 e. The minimum Gasteiger partial charge on any atom is -0.464 e. The zero-order valence-corrected chi connectivity index (χ0v) is 16.3. The van der Waals surface area contributed by atoms with Crippen LogP contribution in [0.3, 0.4) is 0 Å². The van der Waals surface area contributed by atoms with Crippen LogP contribution in [0.1, 0.15) is 37.2 Å². The normalized spacial score (nSPS) is 11.2. The van der Waals surface area contributed by atoms with Crippen molar-refractivity contribution in [1.29, 1.82) is 0 Å². The van der Waals surface area contributed by atoms with Crippen LogP contribution < -0.4 is 5.32 Å². The van der Waals surface area contributed by atoms with E-state index < -0.39 is 17.5 Å². The summed E-state index contributed by atoms with van der Waals surface area (Å²) in [5.41, 5.74) is -0.0847. The summed E-state index contributed by atoms with van der Waals surface area (Å²) >= 11 is 12.0. The molecule has 9 heteroatoms. The Morgan fingerprint density at radius 2 is 2.00 bits per heavy atom. The Hall–Kier alpha value is -2.25. The van der Waals surface area contributed by atoms with Gasteiger partial charge in [0, 0.05) is 10.6 Å². The van der Waals surface area contributed by atoms with Gasteiger partial charge < -0.3 is 19.4 Å². The van der Waals surface area contributed by atoms with Crippen molar-refractivity contribution in [2.45, 2.75) is 32.9 Å². The molecule has 1 heterocycles. The van der Waals surface area contributed by atoms with Crippen LogP contribution in [0.2, 0.25) is 10.0 Å². The monoisotopic (exact) mass is 399 g/mol. The number of ether oxygens (including phenoxy) is 1. The number of halogens is 2. The summed E-state index contributed by atoms with van der Waals surface area (Å²) in [6, 6.07) is 4.38. The zero-order chi connectivity index (χ0) is 19.5. The van der Waals surface area contributed by atoms with Gasteiger partial charge in [-0.25, -0.2) is 14.6 Å². The van der Waals surface area contributed by atoms with Crippen molar-refractivity contribution in [2.24, 2.45) is 0 Å². The van der Waals surface area contributed by atoms with Crippen molar-refractivity contribution in [2.75, 3.05) is 12.4 Å². The highest BCUT2D eigenvalue weighted by Crippen LogP contribution is 2.27. The summed E-state index contributed by atoms with van der Waals surface area (Å²) in [5, 5.41) is 3.53. The number of benzene rings is 1. The van der Waals surface area contributed by atoms with E-state index in [0.29, 0.717) is 15.7 Å². The second-order valence-corrected chi connectivity index (χ2v) is 7.27. The minimum absolute atomic E-state index is 0.0394. The van der Waals surface area contributed by atoms with Crippen LogP contribution in [0, 0.1) is 0 Å². The van der Waals surface area contributed by atoms with Crippen molar-refractivity contribution in [1.82, 2.24) is 9.88 Å². The number of hydrogen-bond acceptors (Lipinski definition) is 5. The number of nitrogens with one attached hydrogen (secondary N) is 1. The molecule has 2 amide bonds. The van der Waals surface area contributed by atoms with E-state index in [2.05, 4.69) is 15.0 Å². The molecular formula is C17H19Cl2N3O4. The van der Waals surface area contributed by atoms with Crippen LogP contribution in [0.4, 0.5) is 10.5 Å². The third-order valence-corrected chi connectivity index (χ3v) is 4.02. The van der Waals surface area contributed by atoms with E-state index in [9.17, 15) is 9.59 Å². The molecule has 0 unspecified atom stereocenters. The number of methoxy groups -OCH3 is 1. The quantitative estimate of drug-likeness (QED) is 0.759. The zero-order valence-electron chi connectivity index (χ0n) is 14.8. The molecule has 0 radical (unpaired) electrons. The van der Waals surface area contributed by atoms with E-state index in [0.717, 1.165) is 0 Å². The summed E-state index contributed by atoms with van der Waals surface area (Å²) in [7, 11) is 1.25. The second-order valence-electron chi connectivity index (χ2n) is 6.43. The molecule has 0 aliphatic rings. The average molecular weight is 400 g/mol. The Morgan fingerprint density at radius 3 is 2.58 bits per heavy atom. The summed E-state index contributed by atoms with van der Waals surface area (Å²) in [6.45, 7) is 5.64. The van der Waals surface area contributed by atoms with Crippen molar-refractivity contribution in [3.63, 3.8) is 0 Å². The van der Waals surface area contributed by atoms with Crippen molar-refractivity contribution in [3.8, 4) is 0 Å². The number of rotatable bonds is 4. The van der Waals surface area contributed by atoms with Gasteiger partial charge in [-0.1, -0.05) is 23.2 Å². The van der Waals surface area contributed by atoms with E-state index in [-0.39, 0.29) is 18.1 Å². The minimum atomic E-state index is -0.611. The average Bonchev–Trinajstić information content (AvgIpc) is 3.02. The van der Waals surface area contributed by atoms with Crippen LogP contribution in [0.15, 0.2) is 28.9 Å². The number of hydrogen-bond donors (Lipinski definition) is 1. The number of oxazole rings is 1. The molecule has 0 saturated carbocycles. The first-order valence-electron chi connectivity index (χ1n) is 7.68. The number of aromatic nitrogens is 1. The van der Waals surface area contributed by atoms with Gasteiger partial charge in [-0.3, -0.25) is 0 Å². The largest absolute Gasteiger partial charge is 0.464 e.